The maximum absolute atomic E-state index is 7.15. The summed E-state index contributed by atoms with van der Waals surface area (Å²) in [6, 6.07) is 10.5. The Hall–Kier alpha value is -1.06. The summed E-state index contributed by atoms with van der Waals surface area (Å²) in [6.45, 7) is 10.2. The number of likely N-dealkylation sites (N-methyl/N-ethyl adjacent to an activating group) is 1. The van der Waals surface area contributed by atoms with Crippen molar-refractivity contribution in [2.45, 2.75) is 19.0 Å². The van der Waals surface area contributed by atoms with Gasteiger partial charge in [-0.05, 0) is 60.2 Å². The van der Waals surface area contributed by atoms with Crippen molar-refractivity contribution in [3.05, 3.63) is 55.4 Å². The zero-order valence-corrected chi connectivity index (χ0v) is 16.0. The molecule has 0 spiro atoms. The average Bonchev–Trinajstić information content (AvgIpc) is 3.13. The number of anilines is 1. The van der Waals surface area contributed by atoms with E-state index in [9.17, 15) is 0 Å². The molecule has 0 unspecified atom stereocenters. The second kappa shape index (κ2) is 7.23. The number of nitrogens with zero attached hydrogens (tertiary/aromatic N) is 3. The number of likely N-dealkylation sites (tertiary alicyclic amines) is 1. The minimum Gasteiger partial charge on any atom is -0.362 e. The minimum absolute atomic E-state index is 0.468. The van der Waals surface area contributed by atoms with Gasteiger partial charge in [-0.25, -0.2) is 4.85 Å². The molecule has 3 rings (SSSR count). The fourth-order valence-corrected chi connectivity index (χ4v) is 4.67. The van der Waals surface area contributed by atoms with Crippen LogP contribution in [0.3, 0.4) is 0 Å². The molecule has 0 amide bonds. The Kier molecular flexibility index (Phi) is 5.27. The number of benzene rings is 1. The van der Waals surface area contributed by atoms with Crippen LogP contribution in [0.2, 0.25) is 5.02 Å². The quantitative estimate of drug-likeness (QED) is 0.623. The first-order valence-corrected chi connectivity index (χ1v) is 9.42. The van der Waals surface area contributed by atoms with Crippen molar-refractivity contribution in [2.75, 3.05) is 25.0 Å². The van der Waals surface area contributed by atoms with Gasteiger partial charge in [-0.2, -0.15) is 0 Å². The number of thiophene rings is 1. The van der Waals surface area contributed by atoms with Crippen molar-refractivity contribution < 1.29 is 0 Å². The number of rotatable bonds is 4. The summed E-state index contributed by atoms with van der Waals surface area (Å²) in [5.74, 6) is 0. The summed E-state index contributed by atoms with van der Waals surface area (Å²) in [5, 5.41) is 0.529. The predicted octanol–water partition coefficient (Wildman–Crippen LogP) is 5.43. The van der Waals surface area contributed by atoms with Crippen LogP contribution in [0.15, 0.2) is 34.1 Å². The largest absolute Gasteiger partial charge is 0.362 e. The molecule has 23 heavy (non-hydrogen) atoms. The lowest BCUT2D eigenvalue weighted by molar-refractivity contribution is 0.407. The number of hydrogen-bond donors (Lipinski definition) is 0. The lowest BCUT2D eigenvalue weighted by Crippen LogP contribution is -2.36. The van der Waals surface area contributed by atoms with Crippen LogP contribution >= 0.6 is 38.9 Å². The highest BCUT2D eigenvalue weighted by Crippen LogP contribution is 2.34. The normalized spacial score (nSPS) is 18.1. The lowest BCUT2D eigenvalue weighted by atomic mass is 10.1. The van der Waals surface area contributed by atoms with Gasteiger partial charge in [0, 0.05) is 28.2 Å². The molecule has 1 aromatic carbocycles. The molecule has 0 aliphatic carbocycles. The van der Waals surface area contributed by atoms with Crippen molar-refractivity contribution in [3.8, 4) is 0 Å². The van der Waals surface area contributed by atoms with E-state index >= 15 is 0 Å². The molecule has 1 aromatic heterocycles. The zero-order chi connectivity index (χ0) is 16.4. The van der Waals surface area contributed by atoms with E-state index in [1.165, 1.54) is 4.88 Å². The Balaban J connectivity index is 1.91. The maximum Gasteiger partial charge on any atom is 0.205 e. The van der Waals surface area contributed by atoms with Crippen LogP contribution in [0.4, 0.5) is 11.4 Å². The molecule has 0 saturated carbocycles. The van der Waals surface area contributed by atoms with E-state index in [2.05, 4.69) is 49.8 Å². The van der Waals surface area contributed by atoms with Gasteiger partial charge in [-0.15, -0.1) is 11.3 Å². The van der Waals surface area contributed by atoms with Crippen molar-refractivity contribution in [3.63, 3.8) is 0 Å². The molecule has 120 valence electrons. The molecule has 2 aromatic rings. The van der Waals surface area contributed by atoms with Crippen LogP contribution in [0, 0.1) is 6.57 Å². The molecule has 1 fully saturated rings. The monoisotopic (exact) mass is 409 g/mol. The van der Waals surface area contributed by atoms with Crippen molar-refractivity contribution in [1.29, 1.82) is 0 Å². The summed E-state index contributed by atoms with van der Waals surface area (Å²) < 4.78 is 1.15. The number of halogens is 2. The van der Waals surface area contributed by atoms with Gasteiger partial charge < -0.3 is 9.80 Å². The van der Waals surface area contributed by atoms with Gasteiger partial charge in [0.25, 0.3) is 0 Å². The van der Waals surface area contributed by atoms with Gasteiger partial charge >= 0.3 is 0 Å². The van der Waals surface area contributed by atoms with Crippen molar-refractivity contribution in [2.24, 2.45) is 0 Å². The lowest BCUT2D eigenvalue weighted by Gasteiger charge is -2.31. The van der Waals surface area contributed by atoms with E-state index in [0.29, 0.717) is 16.8 Å². The molecule has 1 aliphatic heterocycles. The third-order valence-electron chi connectivity index (χ3n) is 4.15. The first kappa shape index (κ1) is 16.8. The summed E-state index contributed by atoms with van der Waals surface area (Å²) in [4.78, 5) is 9.55. The molecule has 3 nitrogen and oxygen atoms in total. The Morgan fingerprint density at radius 2 is 2.26 bits per heavy atom. The third-order valence-corrected chi connectivity index (χ3v) is 6.06. The van der Waals surface area contributed by atoms with E-state index in [0.717, 1.165) is 35.5 Å². The van der Waals surface area contributed by atoms with E-state index < -0.39 is 0 Å². The van der Waals surface area contributed by atoms with Crippen molar-refractivity contribution >= 4 is 50.2 Å². The summed E-state index contributed by atoms with van der Waals surface area (Å²) in [7, 11) is 2.16. The van der Waals surface area contributed by atoms with Gasteiger partial charge in [0.05, 0.1) is 16.9 Å². The predicted molar refractivity (Wildman–Crippen MR) is 102 cm³/mol. The molecule has 0 bridgehead atoms. The first-order chi connectivity index (χ1) is 11.1. The topological polar surface area (TPSA) is 10.8 Å². The van der Waals surface area contributed by atoms with E-state index in [-0.39, 0.29) is 0 Å². The Bertz CT molecular complexity index is 740. The molecule has 2 heterocycles. The third kappa shape index (κ3) is 3.89. The maximum atomic E-state index is 7.15. The highest BCUT2D eigenvalue weighted by molar-refractivity contribution is 9.11. The molecule has 0 N–H and O–H groups in total. The van der Waals surface area contributed by atoms with E-state index in [1.54, 1.807) is 11.3 Å². The van der Waals surface area contributed by atoms with Gasteiger partial charge in [0.1, 0.15) is 0 Å². The molecule has 0 radical (unpaired) electrons. The minimum atomic E-state index is 0.468. The Labute approximate surface area is 154 Å². The summed E-state index contributed by atoms with van der Waals surface area (Å²) >= 11 is 11.6. The standard InChI is InChI=1S/C17H17BrClN3S/c1-20-16-5-3-12(9-15(16)19)22(13-7-8-21(2)10-13)11-14-4-6-17(18)23-14/h3-6,9,13H,7-8,10-11H2,2H3/t13-/m0/s1. The Morgan fingerprint density at radius 3 is 2.83 bits per heavy atom. The molecular weight excluding hydrogens is 394 g/mol. The second-order valence-corrected chi connectivity index (χ2v) is 8.74. The summed E-state index contributed by atoms with van der Waals surface area (Å²) in [6.07, 6.45) is 1.14. The smallest absolute Gasteiger partial charge is 0.205 e. The van der Waals surface area contributed by atoms with Gasteiger partial charge in [-0.1, -0.05) is 17.7 Å². The average molecular weight is 411 g/mol. The second-order valence-electron chi connectivity index (χ2n) is 5.79. The SMILES string of the molecule is [C-]#[N+]c1ccc(N(Cc2ccc(Br)s2)[C@H]2CCN(C)C2)cc1Cl. The van der Waals surface area contributed by atoms with Crippen LogP contribution in [-0.4, -0.2) is 31.1 Å². The summed E-state index contributed by atoms with van der Waals surface area (Å²) in [5.41, 5.74) is 1.60. The van der Waals surface area contributed by atoms with Crippen LogP contribution in [0.25, 0.3) is 4.85 Å². The molecule has 6 heteroatoms. The van der Waals surface area contributed by atoms with E-state index in [1.807, 2.05) is 18.2 Å². The number of hydrogen-bond acceptors (Lipinski definition) is 3. The molecular formula is C17H17BrClN3S. The molecule has 1 aliphatic rings. The van der Waals surface area contributed by atoms with E-state index in [4.69, 9.17) is 18.2 Å². The van der Waals surface area contributed by atoms with Crippen LogP contribution in [0.5, 0.6) is 0 Å². The molecule has 1 atom stereocenters. The highest BCUT2D eigenvalue weighted by Gasteiger charge is 2.26. The molecule has 1 saturated heterocycles. The highest BCUT2D eigenvalue weighted by atomic mass is 79.9. The van der Waals surface area contributed by atoms with Crippen molar-refractivity contribution in [1.82, 2.24) is 4.90 Å². The van der Waals surface area contributed by atoms with Gasteiger partial charge in [0.2, 0.25) is 5.69 Å². The first-order valence-electron chi connectivity index (χ1n) is 7.43. The van der Waals surface area contributed by atoms with Gasteiger partial charge in [-0.3, -0.25) is 0 Å². The van der Waals surface area contributed by atoms with Crippen LogP contribution in [0.1, 0.15) is 11.3 Å². The fourth-order valence-electron chi connectivity index (χ4n) is 2.97. The van der Waals surface area contributed by atoms with Crippen LogP contribution < -0.4 is 4.90 Å². The Morgan fingerprint density at radius 1 is 1.43 bits per heavy atom. The van der Waals surface area contributed by atoms with Crippen LogP contribution in [-0.2, 0) is 6.54 Å². The zero-order valence-electron chi connectivity index (χ0n) is 12.8. The fraction of sp³-hybridized carbons (Fsp3) is 0.353. The van der Waals surface area contributed by atoms with Gasteiger partial charge in [0.15, 0.2) is 0 Å².